The Hall–Kier alpha value is -4.23. The summed E-state index contributed by atoms with van der Waals surface area (Å²) >= 11 is 0. The van der Waals surface area contributed by atoms with Crippen LogP contribution in [0.3, 0.4) is 0 Å². The van der Waals surface area contributed by atoms with E-state index in [2.05, 4.69) is 31.1 Å². The van der Waals surface area contributed by atoms with Crippen molar-refractivity contribution in [3.63, 3.8) is 0 Å². The SMILES string of the molecule is CC(C)COc1ccc(CNC(=O)N(Cc2ccc(F)cc2)C2CCN(C)CC2)cc1.O=C(O)CC(O)(CC(=O)O)C(=O)O. The minimum absolute atomic E-state index is 0.0842. The highest BCUT2D eigenvalue weighted by atomic mass is 19.1. The lowest BCUT2D eigenvalue weighted by Crippen LogP contribution is -2.49. The van der Waals surface area contributed by atoms with Crippen molar-refractivity contribution in [2.75, 3.05) is 26.7 Å². The van der Waals surface area contributed by atoms with Crippen LogP contribution in [0.1, 0.15) is 50.7 Å². The number of piperidine rings is 1. The number of amides is 2. The third-order valence-corrected chi connectivity index (χ3v) is 6.89. The van der Waals surface area contributed by atoms with E-state index < -0.39 is 36.4 Å². The zero-order chi connectivity index (χ0) is 32.9. The lowest BCUT2D eigenvalue weighted by atomic mass is 9.96. The molecule has 0 spiro atoms. The summed E-state index contributed by atoms with van der Waals surface area (Å²) in [4.78, 5) is 47.8. The average molecular weight is 620 g/mol. The van der Waals surface area contributed by atoms with Crippen molar-refractivity contribution in [3.8, 4) is 5.75 Å². The number of aliphatic hydroxyl groups is 1. The van der Waals surface area contributed by atoms with Gasteiger partial charge in [0, 0.05) is 19.1 Å². The van der Waals surface area contributed by atoms with Gasteiger partial charge in [-0.05, 0) is 74.3 Å². The van der Waals surface area contributed by atoms with Crippen molar-refractivity contribution >= 4 is 23.9 Å². The number of benzene rings is 2. The molecule has 3 rings (SSSR count). The van der Waals surface area contributed by atoms with Crippen molar-refractivity contribution in [1.29, 1.82) is 0 Å². The van der Waals surface area contributed by atoms with Crippen LogP contribution in [0.4, 0.5) is 9.18 Å². The smallest absolute Gasteiger partial charge is 0.336 e. The minimum atomic E-state index is -2.74. The van der Waals surface area contributed by atoms with Gasteiger partial charge in [0.1, 0.15) is 11.6 Å². The third kappa shape index (κ3) is 12.6. The standard InChI is InChI=1S/C25H34FN3O2.C6H8O7/c1-19(2)18-31-24-10-6-20(7-11-24)16-27-25(30)29(23-12-14-28(3)15-13-23)17-21-4-8-22(26)9-5-21;7-3(8)1-6(13,5(11)12)2-4(9)10/h4-11,19,23H,12-18H2,1-3H3,(H,27,30);13H,1-2H2,(H,7,8)(H,9,10)(H,11,12). The molecule has 1 aliphatic rings. The fourth-order valence-electron chi connectivity index (χ4n) is 4.42. The summed E-state index contributed by atoms with van der Waals surface area (Å²) in [5, 5.41) is 36.9. The highest BCUT2D eigenvalue weighted by molar-refractivity contribution is 5.88. The summed E-state index contributed by atoms with van der Waals surface area (Å²) in [6.45, 7) is 7.78. The number of nitrogens with one attached hydrogen (secondary N) is 1. The predicted molar refractivity (Wildman–Crippen MR) is 159 cm³/mol. The molecule has 2 amide bonds. The van der Waals surface area contributed by atoms with Crippen LogP contribution in [0.15, 0.2) is 48.5 Å². The topological polar surface area (TPSA) is 177 Å². The number of hydrogen-bond donors (Lipinski definition) is 5. The molecule has 1 heterocycles. The summed E-state index contributed by atoms with van der Waals surface area (Å²) in [5.41, 5.74) is -0.782. The molecule has 1 saturated heterocycles. The summed E-state index contributed by atoms with van der Waals surface area (Å²) in [6, 6.07) is 14.3. The van der Waals surface area contributed by atoms with Crippen LogP contribution in [0.2, 0.25) is 0 Å². The first-order valence-electron chi connectivity index (χ1n) is 14.3. The van der Waals surface area contributed by atoms with Gasteiger partial charge in [0.15, 0.2) is 5.60 Å². The Bertz CT molecular complexity index is 1210. The fraction of sp³-hybridized carbons (Fsp3) is 0.484. The van der Waals surface area contributed by atoms with Gasteiger partial charge in [-0.15, -0.1) is 0 Å². The number of aliphatic carboxylic acids is 3. The summed E-state index contributed by atoms with van der Waals surface area (Å²) in [5.74, 6) is -3.96. The van der Waals surface area contributed by atoms with Gasteiger partial charge in [-0.3, -0.25) is 9.59 Å². The first kappa shape index (κ1) is 36.0. The van der Waals surface area contributed by atoms with E-state index in [1.807, 2.05) is 29.2 Å². The average Bonchev–Trinajstić information content (AvgIpc) is 2.95. The van der Waals surface area contributed by atoms with Crippen molar-refractivity contribution in [2.24, 2.45) is 5.92 Å². The van der Waals surface area contributed by atoms with Crippen molar-refractivity contribution < 1.29 is 48.7 Å². The molecule has 0 saturated carbocycles. The van der Waals surface area contributed by atoms with E-state index in [0.717, 1.165) is 42.8 Å². The molecule has 1 aliphatic heterocycles. The third-order valence-electron chi connectivity index (χ3n) is 6.89. The number of ether oxygens (including phenoxy) is 1. The number of halogens is 1. The van der Waals surface area contributed by atoms with Gasteiger partial charge in [-0.25, -0.2) is 14.0 Å². The zero-order valence-corrected chi connectivity index (χ0v) is 25.2. The zero-order valence-electron chi connectivity index (χ0n) is 25.2. The number of carboxylic acid groups (broad SMARTS) is 3. The number of nitrogens with zero attached hydrogens (tertiary/aromatic N) is 2. The Balaban J connectivity index is 0.000000439. The van der Waals surface area contributed by atoms with Crippen molar-refractivity contribution in [3.05, 3.63) is 65.5 Å². The van der Waals surface area contributed by atoms with Gasteiger partial charge in [-0.1, -0.05) is 38.1 Å². The van der Waals surface area contributed by atoms with Crippen molar-refractivity contribution in [1.82, 2.24) is 15.1 Å². The molecule has 242 valence electrons. The largest absolute Gasteiger partial charge is 0.493 e. The molecular weight excluding hydrogens is 577 g/mol. The molecule has 1 fully saturated rings. The second-order valence-electron chi connectivity index (χ2n) is 11.3. The van der Waals surface area contributed by atoms with Gasteiger partial charge in [0.25, 0.3) is 0 Å². The van der Waals surface area contributed by atoms with Crippen LogP contribution in [0.25, 0.3) is 0 Å². The number of hydrogen-bond acceptors (Lipinski definition) is 7. The van der Waals surface area contributed by atoms with Gasteiger partial charge in [-0.2, -0.15) is 0 Å². The minimum Gasteiger partial charge on any atom is -0.493 e. The molecule has 0 bridgehead atoms. The number of carbonyl (C=O) groups excluding carboxylic acids is 1. The molecular formula is C31H42FN3O9. The van der Waals surface area contributed by atoms with E-state index in [0.29, 0.717) is 25.6 Å². The molecule has 12 nitrogen and oxygen atoms in total. The monoisotopic (exact) mass is 619 g/mol. The summed E-state index contributed by atoms with van der Waals surface area (Å²) in [6.07, 6.45) is -0.413. The van der Waals surface area contributed by atoms with E-state index in [1.165, 1.54) is 12.1 Å². The molecule has 0 aliphatic carbocycles. The number of carbonyl (C=O) groups is 4. The molecule has 13 heteroatoms. The van der Waals surface area contributed by atoms with Crippen LogP contribution in [0, 0.1) is 11.7 Å². The molecule has 0 aromatic heterocycles. The number of carboxylic acids is 3. The Morgan fingerprint density at radius 1 is 0.955 bits per heavy atom. The molecule has 2 aromatic carbocycles. The lowest BCUT2D eigenvalue weighted by molar-refractivity contribution is -0.170. The molecule has 0 radical (unpaired) electrons. The second kappa shape index (κ2) is 17.2. The Morgan fingerprint density at radius 3 is 1.95 bits per heavy atom. The molecule has 44 heavy (non-hydrogen) atoms. The van der Waals surface area contributed by atoms with E-state index in [-0.39, 0.29) is 17.9 Å². The van der Waals surface area contributed by atoms with E-state index >= 15 is 0 Å². The highest BCUT2D eigenvalue weighted by Crippen LogP contribution is 2.20. The Morgan fingerprint density at radius 2 is 1.48 bits per heavy atom. The lowest BCUT2D eigenvalue weighted by Gasteiger charge is -2.37. The van der Waals surface area contributed by atoms with Crippen LogP contribution in [-0.2, 0) is 27.5 Å². The maximum Gasteiger partial charge on any atom is 0.336 e. The predicted octanol–water partition coefficient (Wildman–Crippen LogP) is 3.42. The van der Waals surface area contributed by atoms with Crippen LogP contribution < -0.4 is 10.1 Å². The van der Waals surface area contributed by atoms with Crippen LogP contribution in [-0.4, -0.2) is 92.6 Å². The molecule has 5 N–H and O–H groups in total. The van der Waals surface area contributed by atoms with Crippen LogP contribution in [0.5, 0.6) is 5.75 Å². The Kier molecular flexibility index (Phi) is 14.0. The van der Waals surface area contributed by atoms with Crippen molar-refractivity contribution in [2.45, 2.75) is 64.3 Å². The maximum absolute atomic E-state index is 13.3. The van der Waals surface area contributed by atoms with E-state index in [9.17, 15) is 23.6 Å². The molecule has 0 unspecified atom stereocenters. The first-order chi connectivity index (χ1) is 20.7. The number of likely N-dealkylation sites (tertiary alicyclic amines) is 1. The highest BCUT2D eigenvalue weighted by Gasteiger charge is 2.40. The summed E-state index contributed by atoms with van der Waals surface area (Å²) < 4.78 is 19.0. The normalized spacial score (nSPS) is 13.9. The number of rotatable bonds is 13. The van der Waals surface area contributed by atoms with Gasteiger partial charge in [0.05, 0.1) is 19.4 Å². The fourth-order valence-corrected chi connectivity index (χ4v) is 4.42. The summed E-state index contributed by atoms with van der Waals surface area (Å²) in [7, 11) is 2.11. The van der Waals surface area contributed by atoms with E-state index in [1.54, 1.807) is 12.1 Å². The van der Waals surface area contributed by atoms with Gasteiger partial charge < -0.3 is 40.3 Å². The van der Waals surface area contributed by atoms with E-state index in [4.69, 9.17) is 25.2 Å². The Labute approximate surface area is 256 Å². The van der Waals surface area contributed by atoms with Gasteiger partial charge in [0.2, 0.25) is 0 Å². The number of urea groups is 1. The quantitative estimate of drug-likeness (QED) is 0.223. The van der Waals surface area contributed by atoms with Gasteiger partial charge >= 0.3 is 23.9 Å². The maximum atomic E-state index is 13.3. The molecule has 2 aromatic rings. The first-order valence-corrected chi connectivity index (χ1v) is 14.3. The molecule has 0 atom stereocenters. The van der Waals surface area contributed by atoms with Crippen LogP contribution >= 0.6 is 0 Å². The second-order valence-corrected chi connectivity index (χ2v) is 11.3.